The SMILES string of the molecule is Cc1ccccc1-n1nc(C(C)(C)C)cc1NC(=O)CN(C)C(=O)Nc1cccc(C)c1C. The summed E-state index contributed by atoms with van der Waals surface area (Å²) in [7, 11) is 1.60. The molecule has 7 heteroatoms. The van der Waals surface area contributed by atoms with Crippen molar-refractivity contribution < 1.29 is 9.59 Å². The maximum absolute atomic E-state index is 12.9. The van der Waals surface area contributed by atoms with Gasteiger partial charge in [0, 0.05) is 24.2 Å². The number of amides is 3. The van der Waals surface area contributed by atoms with Gasteiger partial charge in [0.15, 0.2) is 0 Å². The Hall–Kier alpha value is -3.61. The predicted molar refractivity (Wildman–Crippen MR) is 133 cm³/mol. The molecule has 3 aromatic rings. The van der Waals surface area contributed by atoms with E-state index in [1.54, 1.807) is 11.7 Å². The molecule has 0 aliphatic rings. The zero-order valence-electron chi connectivity index (χ0n) is 20.5. The molecule has 0 saturated carbocycles. The predicted octanol–water partition coefficient (Wildman–Crippen LogP) is 5.20. The summed E-state index contributed by atoms with van der Waals surface area (Å²) in [5, 5.41) is 10.6. The maximum Gasteiger partial charge on any atom is 0.322 e. The minimum atomic E-state index is -0.346. The van der Waals surface area contributed by atoms with E-state index in [2.05, 4.69) is 31.4 Å². The lowest BCUT2D eigenvalue weighted by Gasteiger charge is -2.19. The van der Waals surface area contributed by atoms with Crippen molar-refractivity contribution in [2.45, 2.75) is 47.0 Å². The topological polar surface area (TPSA) is 79.3 Å². The summed E-state index contributed by atoms with van der Waals surface area (Å²) in [6, 6.07) is 15.2. The van der Waals surface area contributed by atoms with Crippen LogP contribution in [-0.4, -0.2) is 40.2 Å². The number of carbonyl (C=O) groups excluding carboxylic acids is 2. The van der Waals surface area contributed by atoms with Crippen molar-refractivity contribution >= 4 is 23.4 Å². The van der Waals surface area contributed by atoms with Gasteiger partial charge in [-0.2, -0.15) is 5.10 Å². The van der Waals surface area contributed by atoms with Crippen molar-refractivity contribution in [1.29, 1.82) is 0 Å². The highest BCUT2D eigenvalue weighted by Gasteiger charge is 2.23. The molecule has 0 saturated heterocycles. The zero-order valence-corrected chi connectivity index (χ0v) is 20.5. The Morgan fingerprint density at radius 1 is 0.970 bits per heavy atom. The lowest BCUT2D eigenvalue weighted by Crippen LogP contribution is -2.38. The van der Waals surface area contributed by atoms with E-state index >= 15 is 0 Å². The lowest BCUT2D eigenvalue weighted by molar-refractivity contribution is -0.116. The summed E-state index contributed by atoms with van der Waals surface area (Å²) in [6.45, 7) is 12.1. The first-order valence-corrected chi connectivity index (χ1v) is 11.0. The highest BCUT2D eigenvalue weighted by atomic mass is 16.2. The Labute approximate surface area is 195 Å². The van der Waals surface area contributed by atoms with E-state index in [1.165, 1.54) is 4.90 Å². The van der Waals surface area contributed by atoms with Crippen LogP contribution in [0.2, 0.25) is 0 Å². The number of nitrogens with one attached hydrogen (secondary N) is 2. The van der Waals surface area contributed by atoms with E-state index in [4.69, 9.17) is 5.10 Å². The zero-order chi connectivity index (χ0) is 24.3. The van der Waals surface area contributed by atoms with Crippen LogP contribution in [0.4, 0.5) is 16.3 Å². The summed E-state index contributed by atoms with van der Waals surface area (Å²) in [6.07, 6.45) is 0. The van der Waals surface area contributed by atoms with Crippen molar-refractivity contribution in [2.75, 3.05) is 24.2 Å². The number of hydrogen-bond donors (Lipinski definition) is 2. The van der Waals surface area contributed by atoms with Crippen molar-refractivity contribution in [1.82, 2.24) is 14.7 Å². The number of aryl methyl sites for hydroxylation is 2. The molecule has 33 heavy (non-hydrogen) atoms. The highest BCUT2D eigenvalue weighted by molar-refractivity contribution is 5.97. The number of rotatable bonds is 5. The van der Waals surface area contributed by atoms with E-state index in [0.29, 0.717) is 5.82 Å². The quantitative estimate of drug-likeness (QED) is 0.564. The number of anilines is 2. The van der Waals surface area contributed by atoms with Gasteiger partial charge in [-0.3, -0.25) is 4.79 Å². The smallest absolute Gasteiger partial charge is 0.318 e. The molecule has 0 aliphatic heterocycles. The average Bonchev–Trinajstić information content (AvgIpc) is 3.15. The van der Waals surface area contributed by atoms with E-state index in [9.17, 15) is 9.59 Å². The first-order valence-electron chi connectivity index (χ1n) is 11.0. The molecule has 7 nitrogen and oxygen atoms in total. The largest absolute Gasteiger partial charge is 0.322 e. The van der Waals surface area contributed by atoms with Crippen molar-refractivity contribution in [2.24, 2.45) is 0 Å². The first-order chi connectivity index (χ1) is 15.5. The van der Waals surface area contributed by atoms with E-state index in [-0.39, 0.29) is 23.9 Å². The van der Waals surface area contributed by atoms with Gasteiger partial charge >= 0.3 is 6.03 Å². The number of urea groups is 1. The molecule has 1 aromatic heterocycles. The monoisotopic (exact) mass is 447 g/mol. The third-order valence-electron chi connectivity index (χ3n) is 5.66. The second-order valence-corrected chi connectivity index (χ2v) is 9.44. The van der Waals surface area contributed by atoms with Crippen LogP contribution in [0.15, 0.2) is 48.5 Å². The maximum atomic E-state index is 12.9. The highest BCUT2D eigenvalue weighted by Crippen LogP contribution is 2.27. The molecule has 0 atom stereocenters. The molecule has 2 N–H and O–H groups in total. The third-order valence-corrected chi connectivity index (χ3v) is 5.66. The van der Waals surface area contributed by atoms with Gasteiger partial charge in [0.25, 0.3) is 0 Å². The summed E-state index contributed by atoms with van der Waals surface area (Å²) in [4.78, 5) is 26.9. The molecular weight excluding hydrogens is 414 g/mol. The molecule has 3 amide bonds. The van der Waals surface area contributed by atoms with Crippen LogP contribution in [0.5, 0.6) is 0 Å². The van der Waals surface area contributed by atoms with Crippen molar-refractivity contribution in [3.63, 3.8) is 0 Å². The van der Waals surface area contributed by atoms with E-state index in [0.717, 1.165) is 33.8 Å². The third kappa shape index (κ3) is 5.61. The van der Waals surface area contributed by atoms with Gasteiger partial charge < -0.3 is 15.5 Å². The molecule has 0 aliphatic carbocycles. The average molecular weight is 448 g/mol. The Morgan fingerprint density at radius 2 is 1.64 bits per heavy atom. The number of para-hydroxylation sites is 1. The van der Waals surface area contributed by atoms with Crippen molar-refractivity contribution in [3.8, 4) is 5.69 Å². The van der Waals surface area contributed by atoms with Crippen LogP contribution in [0.1, 0.15) is 43.2 Å². The number of nitrogens with zero attached hydrogens (tertiary/aromatic N) is 3. The molecule has 0 bridgehead atoms. The molecule has 0 radical (unpaired) electrons. The lowest BCUT2D eigenvalue weighted by atomic mass is 9.92. The summed E-state index contributed by atoms with van der Waals surface area (Å²) in [5.74, 6) is 0.270. The normalized spacial score (nSPS) is 11.2. The number of aromatic nitrogens is 2. The molecule has 0 spiro atoms. The van der Waals surface area contributed by atoms with Gasteiger partial charge in [-0.25, -0.2) is 9.48 Å². The summed E-state index contributed by atoms with van der Waals surface area (Å²) >= 11 is 0. The minimum Gasteiger partial charge on any atom is -0.318 e. The number of benzene rings is 2. The number of carbonyl (C=O) groups is 2. The van der Waals surface area contributed by atoms with Gasteiger partial charge in [-0.15, -0.1) is 0 Å². The van der Waals surface area contributed by atoms with E-state index in [1.807, 2.05) is 69.3 Å². The Balaban J connectivity index is 1.77. The van der Waals surface area contributed by atoms with Crippen molar-refractivity contribution in [3.05, 3.63) is 70.9 Å². The molecule has 0 fully saturated rings. The molecule has 174 valence electrons. The van der Waals surface area contributed by atoms with Crippen LogP contribution in [-0.2, 0) is 10.2 Å². The van der Waals surface area contributed by atoms with Crippen LogP contribution >= 0.6 is 0 Å². The Morgan fingerprint density at radius 3 is 2.30 bits per heavy atom. The van der Waals surface area contributed by atoms with Gasteiger partial charge in [0.05, 0.1) is 11.4 Å². The fourth-order valence-electron chi connectivity index (χ4n) is 3.39. The second-order valence-electron chi connectivity index (χ2n) is 9.44. The van der Waals surface area contributed by atoms with E-state index < -0.39 is 0 Å². The van der Waals surface area contributed by atoms with Gasteiger partial charge in [0.2, 0.25) is 5.91 Å². The fourth-order valence-corrected chi connectivity index (χ4v) is 3.39. The second kappa shape index (κ2) is 9.48. The number of hydrogen-bond acceptors (Lipinski definition) is 3. The summed E-state index contributed by atoms with van der Waals surface area (Å²) in [5.41, 5.74) is 5.44. The molecule has 3 rings (SSSR count). The van der Waals surface area contributed by atoms with Crippen LogP contribution in [0, 0.1) is 20.8 Å². The minimum absolute atomic E-state index is 0.0967. The number of likely N-dealkylation sites (N-methyl/N-ethyl adjacent to an activating group) is 1. The van der Waals surface area contributed by atoms with Gasteiger partial charge in [0.1, 0.15) is 12.4 Å². The van der Waals surface area contributed by atoms with Gasteiger partial charge in [-0.05, 0) is 49.6 Å². The van der Waals surface area contributed by atoms with Gasteiger partial charge in [-0.1, -0.05) is 51.1 Å². The molecule has 0 unspecified atom stereocenters. The molecular formula is C26H33N5O2. The van der Waals surface area contributed by atoms with Crippen LogP contribution in [0.3, 0.4) is 0 Å². The summed E-state index contributed by atoms with van der Waals surface area (Å²) < 4.78 is 1.75. The van der Waals surface area contributed by atoms with Crippen LogP contribution < -0.4 is 10.6 Å². The Bertz CT molecular complexity index is 1170. The van der Waals surface area contributed by atoms with Crippen LogP contribution in [0.25, 0.3) is 5.69 Å². The molecule has 1 heterocycles. The fraction of sp³-hybridized carbons (Fsp3) is 0.346. The standard InChI is InChI=1S/C26H33N5O2/c1-17-12-10-13-20(19(17)3)27-25(33)30(7)16-24(32)28-23-15-22(26(4,5)6)29-31(23)21-14-9-8-11-18(21)2/h8-15H,16H2,1-7H3,(H,27,33)(H,28,32). The first kappa shape index (κ1) is 24.0. The Kier molecular flexibility index (Phi) is 6.91. The molecule has 2 aromatic carbocycles.